The normalized spacial score (nSPS) is 21.5. The van der Waals surface area contributed by atoms with Crippen LogP contribution in [-0.4, -0.2) is 39.6 Å². The third-order valence-corrected chi connectivity index (χ3v) is 4.72. The van der Waals surface area contributed by atoms with Crippen LogP contribution in [0.2, 0.25) is 0 Å². The maximum Gasteiger partial charge on any atom is 0.315 e. The van der Waals surface area contributed by atoms with Gasteiger partial charge in [-0.05, 0) is 24.5 Å². The molecule has 6 nitrogen and oxygen atoms in total. The summed E-state index contributed by atoms with van der Waals surface area (Å²) in [6, 6.07) is 11.7. The zero-order valence-corrected chi connectivity index (χ0v) is 14.3. The molecule has 0 saturated heterocycles. The quantitative estimate of drug-likeness (QED) is 0.753. The van der Waals surface area contributed by atoms with Gasteiger partial charge >= 0.3 is 6.03 Å². The number of aromatic nitrogens is 2. The summed E-state index contributed by atoms with van der Waals surface area (Å²) in [6.07, 6.45) is 7.88. The molecule has 3 N–H and O–H groups in total. The summed E-state index contributed by atoms with van der Waals surface area (Å²) in [5, 5.41) is 20.3. The summed E-state index contributed by atoms with van der Waals surface area (Å²) in [4.78, 5) is 12.2. The highest BCUT2D eigenvalue weighted by Crippen LogP contribution is 2.27. The van der Waals surface area contributed by atoms with Crippen molar-refractivity contribution in [3.8, 4) is 0 Å². The number of benzene rings is 1. The zero-order valence-electron chi connectivity index (χ0n) is 14.3. The Hall–Kier alpha value is -2.34. The van der Waals surface area contributed by atoms with Gasteiger partial charge in [0, 0.05) is 25.4 Å². The predicted molar refractivity (Wildman–Crippen MR) is 96.2 cm³/mol. The average Bonchev–Trinajstić information content (AvgIpc) is 3.16. The Morgan fingerprint density at radius 2 is 2.04 bits per heavy atom. The molecule has 1 aromatic carbocycles. The standard InChI is InChI=1S/C19H26N4O2/c24-16(13-15-7-2-1-3-8-15)14-20-19(25)22-17-9-4-5-10-18(17)23-12-6-11-21-23/h1-3,6-8,11-12,16-18,24H,4-5,9-10,13-14H2,(H2,20,22,25)/t16-,17-,18-/m1/s1. The van der Waals surface area contributed by atoms with Crippen LogP contribution in [0, 0.1) is 0 Å². The number of nitrogens with zero attached hydrogens (tertiary/aromatic N) is 2. The van der Waals surface area contributed by atoms with Crippen molar-refractivity contribution in [1.82, 2.24) is 20.4 Å². The number of urea groups is 1. The number of aliphatic hydroxyl groups is 1. The van der Waals surface area contributed by atoms with Crippen LogP contribution in [0.5, 0.6) is 0 Å². The van der Waals surface area contributed by atoms with Crippen LogP contribution >= 0.6 is 0 Å². The highest BCUT2D eigenvalue weighted by atomic mass is 16.3. The summed E-state index contributed by atoms with van der Waals surface area (Å²) in [5.41, 5.74) is 1.06. The molecule has 2 aromatic rings. The van der Waals surface area contributed by atoms with E-state index in [-0.39, 0.29) is 24.7 Å². The molecule has 1 aliphatic rings. The highest BCUT2D eigenvalue weighted by Gasteiger charge is 2.28. The van der Waals surface area contributed by atoms with Crippen LogP contribution < -0.4 is 10.6 Å². The molecule has 6 heteroatoms. The minimum absolute atomic E-state index is 0.0694. The number of amides is 2. The zero-order chi connectivity index (χ0) is 17.5. The number of carbonyl (C=O) groups is 1. The SMILES string of the molecule is O=C(NC[C@H](O)Cc1ccccc1)N[C@@H]1CCCC[C@H]1n1cccn1. The van der Waals surface area contributed by atoms with Crippen molar-refractivity contribution in [1.29, 1.82) is 0 Å². The maximum atomic E-state index is 12.2. The molecule has 0 aliphatic heterocycles. The lowest BCUT2D eigenvalue weighted by atomic mass is 9.90. The summed E-state index contributed by atoms with van der Waals surface area (Å²) >= 11 is 0. The fourth-order valence-corrected chi connectivity index (χ4v) is 3.46. The van der Waals surface area contributed by atoms with E-state index in [4.69, 9.17) is 0 Å². The van der Waals surface area contributed by atoms with Crippen molar-refractivity contribution in [3.05, 3.63) is 54.4 Å². The second-order valence-corrected chi connectivity index (χ2v) is 6.64. The van der Waals surface area contributed by atoms with E-state index in [0.29, 0.717) is 6.42 Å². The summed E-state index contributed by atoms with van der Waals surface area (Å²) < 4.78 is 1.94. The number of nitrogens with one attached hydrogen (secondary N) is 2. The molecule has 0 radical (unpaired) electrons. The van der Waals surface area contributed by atoms with Crippen LogP contribution in [0.15, 0.2) is 48.8 Å². The minimum atomic E-state index is -0.596. The molecule has 2 amide bonds. The van der Waals surface area contributed by atoms with Crippen LogP contribution in [0.25, 0.3) is 0 Å². The third kappa shape index (κ3) is 5.06. The Morgan fingerprint density at radius 1 is 1.24 bits per heavy atom. The molecule has 0 spiro atoms. The fraction of sp³-hybridized carbons (Fsp3) is 0.474. The maximum absolute atomic E-state index is 12.2. The van der Waals surface area contributed by atoms with Gasteiger partial charge in [-0.25, -0.2) is 4.79 Å². The van der Waals surface area contributed by atoms with Gasteiger partial charge in [0.05, 0.1) is 18.2 Å². The van der Waals surface area contributed by atoms with E-state index in [0.717, 1.165) is 31.2 Å². The molecule has 25 heavy (non-hydrogen) atoms. The molecule has 1 aromatic heterocycles. The van der Waals surface area contributed by atoms with Gasteiger partial charge in [0.2, 0.25) is 0 Å². The minimum Gasteiger partial charge on any atom is -0.391 e. The Balaban J connectivity index is 1.46. The lowest BCUT2D eigenvalue weighted by Crippen LogP contribution is -2.49. The molecule has 134 valence electrons. The summed E-state index contributed by atoms with van der Waals surface area (Å²) in [6.45, 7) is 0.236. The van der Waals surface area contributed by atoms with Gasteiger partial charge in [-0.1, -0.05) is 43.2 Å². The first-order valence-corrected chi connectivity index (χ1v) is 8.98. The van der Waals surface area contributed by atoms with E-state index in [9.17, 15) is 9.90 Å². The molecular formula is C19H26N4O2. The lowest BCUT2D eigenvalue weighted by molar-refractivity contribution is 0.167. The Kier molecular flexibility index (Phi) is 6.06. The second-order valence-electron chi connectivity index (χ2n) is 6.64. The van der Waals surface area contributed by atoms with Crippen molar-refractivity contribution in [3.63, 3.8) is 0 Å². The lowest BCUT2D eigenvalue weighted by Gasteiger charge is -2.32. The second kappa shape index (κ2) is 8.67. The van der Waals surface area contributed by atoms with E-state index < -0.39 is 6.10 Å². The number of carbonyl (C=O) groups excluding carboxylic acids is 1. The van der Waals surface area contributed by atoms with E-state index in [1.807, 2.05) is 47.3 Å². The van der Waals surface area contributed by atoms with Gasteiger partial charge < -0.3 is 15.7 Å². The van der Waals surface area contributed by atoms with Crippen LogP contribution in [0.3, 0.4) is 0 Å². The first-order chi connectivity index (χ1) is 12.2. The Bertz CT molecular complexity index is 645. The predicted octanol–water partition coefficient (Wildman–Crippen LogP) is 2.27. The molecule has 1 saturated carbocycles. The third-order valence-electron chi connectivity index (χ3n) is 4.72. The smallest absolute Gasteiger partial charge is 0.315 e. The van der Waals surface area contributed by atoms with Crippen molar-refractivity contribution in [2.45, 2.75) is 50.3 Å². The highest BCUT2D eigenvalue weighted by molar-refractivity contribution is 5.74. The van der Waals surface area contributed by atoms with Gasteiger partial charge in [-0.3, -0.25) is 4.68 Å². The van der Waals surface area contributed by atoms with Gasteiger partial charge in [0.25, 0.3) is 0 Å². The van der Waals surface area contributed by atoms with E-state index in [1.165, 1.54) is 0 Å². The Labute approximate surface area is 148 Å². The Morgan fingerprint density at radius 3 is 2.80 bits per heavy atom. The molecule has 3 rings (SSSR count). The summed E-state index contributed by atoms with van der Waals surface area (Å²) in [7, 11) is 0. The first-order valence-electron chi connectivity index (χ1n) is 8.98. The molecule has 3 atom stereocenters. The van der Waals surface area contributed by atoms with E-state index in [2.05, 4.69) is 15.7 Å². The molecule has 0 unspecified atom stereocenters. The number of hydrogen-bond donors (Lipinski definition) is 3. The topological polar surface area (TPSA) is 79.2 Å². The largest absolute Gasteiger partial charge is 0.391 e. The number of rotatable bonds is 6. The van der Waals surface area contributed by atoms with Crippen molar-refractivity contribution in [2.24, 2.45) is 0 Å². The molecule has 0 bridgehead atoms. The number of aliphatic hydroxyl groups excluding tert-OH is 1. The molecule has 1 aliphatic carbocycles. The van der Waals surface area contributed by atoms with Crippen LogP contribution in [0.1, 0.15) is 37.3 Å². The number of hydrogen-bond acceptors (Lipinski definition) is 3. The van der Waals surface area contributed by atoms with Gasteiger partial charge in [0.1, 0.15) is 0 Å². The molecule has 1 heterocycles. The molecular weight excluding hydrogens is 316 g/mol. The van der Waals surface area contributed by atoms with E-state index >= 15 is 0 Å². The molecule has 1 fully saturated rings. The van der Waals surface area contributed by atoms with Crippen LogP contribution in [-0.2, 0) is 6.42 Å². The summed E-state index contributed by atoms with van der Waals surface area (Å²) in [5.74, 6) is 0. The van der Waals surface area contributed by atoms with Gasteiger partial charge in [0.15, 0.2) is 0 Å². The van der Waals surface area contributed by atoms with Crippen LogP contribution in [0.4, 0.5) is 4.79 Å². The van der Waals surface area contributed by atoms with Crippen molar-refractivity contribution in [2.75, 3.05) is 6.54 Å². The average molecular weight is 342 g/mol. The fourth-order valence-electron chi connectivity index (χ4n) is 3.46. The van der Waals surface area contributed by atoms with E-state index in [1.54, 1.807) is 6.20 Å². The first kappa shape index (κ1) is 17.5. The van der Waals surface area contributed by atoms with Crippen molar-refractivity contribution < 1.29 is 9.90 Å². The monoisotopic (exact) mass is 342 g/mol. The van der Waals surface area contributed by atoms with Gasteiger partial charge in [-0.2, -0.15) is 5.10 Å². The van der Waals surface area contributed by atoms with Crippen molar-refractivity contribution >= 4 is 6.03 Å². The van der Waals surface area contributed by atoms with Gasteiger partial charge in [-0.15, -0.1) is 0 Å².